The molecule has 1 fully saturated rings. The maximum Gasteiger partial charge on any atom is 0.0178 e. The molecule has 1 aliphatic rings. The van der Waals surface area contributed by atoms with Gasteiger partial charge in [-0.25, -0.2) is 0 Å². The van der Waals surface area contributed by atoms with Gasteiger partial charge in [-0.05, 0) is 57.4 Å². The van der Waals surface area contributed by atoms with Crippen molar-refractivity contribution in [2.24, 2.45) is 0 Å². The van der Waals surface area contributed by atoms with E-state index in [0.29, 0.717) is 6.04 Å². The van der Waals surface area contributed by atoms with E-state index in [1.54, 1.807) is 0 Å². The van der Waals surface area contributed by atoms with Crippen LogP contribution in [0.5, 0.6) is 0 Å². The van der Waals surface area contributed by atoms with Crippen LogP contribution in [0.2, 0.25) is 0 Å². The molecule has 1 aliphatic heterocycles. The van der Waals surface area contributed by atoms with Gasteiger partial charge in [0.15, 0.2) is 0 Å². The van der Waals surface area contributed by atoms with Crippen LogP contribution in [0, 0.1) is 0 Å². The molecule has 0 saturated carbocycles. The fourth-order valence-corrected chi connectivity index (χ4v) is 3.34. The Labute approximate surface area is 113 Å². The Bertz CT molecular complexity index is 364. The van der Waals surface area contributed by atoms with E-state index in [2.05, 4.69) is 58.9 Å². The molecule has 1 aromatic rings. The molecule has 0 amide bonds. The quantitative estimate of drug-likeness (QED) is 0.806. The first kappa shape index (κ1) is 13.1. The molecule has 0 aliphatic carbocycles. The van der Waals surface area contributed by atoms with Crippen LogP contribution in [-0.4, -0.2) is 23.5 Å². The first-order valence-corrected chi connectivity index (χ1v) is 7.46. The lowest BCUT2D eigenvalue weighted by atomic mass is 9.98. The second-order valence-corrected chi connectivity index (χ2v) is 6.18. The van der Waals surface area contributed by atoms with Gasteiger partial charge in [-0.15, -0.1) is 0 Å². The summed E-state index contributed by atoms with van der Waals surface area (Å²) in [5, 5.41) is 0. The van der Waals surface area contributed by atoms with Crippen molar-refractivity contribution in [3.8, 4) is 0 Å². The topological polar surface area (TPSA) is 3.24 Å². The molecule has 0 bridgehead atoms. The highest BCUT2D eigenvalue weighted by Gasteiger charge is 2.22. The molecule has 2 heteroatoms. The molecule has 2 atom stereocenters. The van der Waals surface area contributed by atoms with E-state index in [1.165, 1.54) is 35.8 Å². The number of likely N-dealkylation sites (tertiary alicyclic amines) is 1. The third kappa shape index (κ3) is 3.56. The van der Waals surface area contributed by atoms with E-state index < -0.39 is 0 Å². The molecule has 1 saturated heterocycles. The van der Waals surface area contributed by atoms with E-state index in [-0.39, 0.29) is 0 Å². The zero-order valence-corrected chi connectivity index (χ0v) is 12.4. The minimum absolute atomic E-state index is 0.652. The number of rotatable bonds is 3. The Hall–Kier alpha value is -0.340. The number of halogens is 1. The molecule has 94 valence electrons. The first-order valence-electron chi connectivity index (χ1n) is 6.67. The molecule has 1 heterocycles. The molecule has 17 heavy (non-hydrogen) atoms. The Morgan fingerprint density at radius 1 is 1.41 bits per heavy atom. The minimum Gasteiger partial charge on any atom is -0.298 e. The van der Waals surface area contributed by atoms with Crippen molar-refractivity contribution in [1.29, 1.82) is 0 Å². The number of benzene rings is 1. The predicted molar refractivity (Wildman–Crippen MR) is 77.3 cm³/mol. The van der Waals surface area contributed by atoms with Gasteiger partial charge in [0.2, 0.25) is 0 Å². The summed E-state index contributed by atoms with van der Waals surface area (Å²) in [4.78, 5) is 2.67. The van der Waals surface area contributed by atoms with Crippen LogP contribution >= 0.6 is 15.9 Å². The van der Waals surface area contributed by atoms with Crippen molar-refractivity contribution >= 4 is 15.9 Å². The normalized spacial score (nSPS) is 23.6. The second kappa shape index (κ2) is 6.01. The molecular formula is C15H22BrN. The first-order chi connectivity index (χ1) is 8.16. The predicted octanol–water partition coefficient (Wildman–Crippen LogP) is 4.25. The zero-order valence-electron chi connectivity index (χ0n) is 10.8. The maximum atomic E-state index is 3.55. The second-order valence-electron chi connectivity index (χ2n) is 5.27. The zero-order chi connectivity index (χ0) is 12.3. The van der Waals surface area contributed by atoms with Gasteiger partial charge < -0.3 is 0 Å². The van der Waals surface area contributed by atoms with Gasteiger partial charge in [0, 0.05) is 16.6 Å². The van der Waals surface area contributed by atoms with Crippen LogP contribution in [0.1, 0.15) is 38.7 Å². The van der Waals surface area contributed by atoms with E-state index in [1.807, 2.05) is 0 Å². The third-order valence-corrected chi connectivity index (χ3v) is 4.33. The average molecular weight is 296 g/mol. The summed E-state index contributed by atoms with van der Waals surface area (Å²) >= 11 is 3.55. The van der Waals surface area contributed by atoms with Crippen molar-refractivity contribution < 1.29 is 0 Å². The number of hydrogen-bond donors (Lipinski definition) is 0. The number of hydrogen-bond acceptors (Lipinski definition) is 1. The van der Waals surface area contributed by atoms with Crippen molar-refractivity contribution in [1.82, 2.24) is 4.90 Å². The van der Waals surface area contributed by atoms with E-state index in [9.17, 15) is 0 Å². The lowest BCUT2D eigenvalue weighted by Crippen LogP contribution is -2.44. The molecule has 1 aromatic carbocycles. The monoisotopic (exact) mass is 295 g/mol. The number of piperidine rings is 1. The average Bonchev–Trinajstić information content (AvgIpc) is 2.29. The summed E-state index contributed by atoms with van der Waals surface area (Å²) in [6.07, 6.45) is 5.29. The van der Waals surface area contributed by atoms with Crippen LogP contribution in [-0.2, 0) is 6.42 Å². The van der Waals surface area contributed by atoms with Crippen molar-refractivity contribution in [2.45, 2.75) is 51.6 Å². The Kier molecular flexibility index (Phi) is 4.63. The SMILES string of the molecule is CC1CCCCN1C(C)Cc1cccc(Br)c1. The van der Waals surface area contributed by atoms with Crippen molar-refractivity contribution in [3.05, 3.63) is 34.3 Å². The summed E-state index contributed by atoms with van der Waals surface area (Å²) in [6, 6.07) is 10.1. The van der Waals surface area contributed by atoms with Gasteiger partial charge in [0.05, 0.1) is 0 Å². The summed E-state index contributed by atoms with van der Waals surface area (Å²) in [5.41, 5.74) is 1.43. The summed E-state index contributed by atoms with van der Waals surface area (Å²) < 4.78 is 1.19. The summed E-state index contributed by atoms with van der Waals surface area (Å²) in [6.45, 7) is 6.01. The van der Waals surface area contributed by atoms with E-state index in [0.717, 1.165) is 12.5 Å². The van der Waals surface area contributed by atoms with Gasteiger partial charge >= 0.3 is 0 Å². The minimum atomic E-state index is 0.652. The van der Waals surface area contributed by atoms with Crippen molar-refractivity contribution in [2.75, 3.05) is 6.54 Å². The third-order valence-electron chi connectivity index (χ3n) is 3.84. The van der Waals surface area contributed by atoms with Crippen LogP contribution in [0.4, 0.5) is 0 Å². The van der Waals surface area contributed by atoms with E-state index >= 15 is 0 Å². The molecule has 2 rings (SSSR count). The van der Waals surface area contributed by atoms with Crippen LogP contribution in [0.25, 0.3) is 0 Å². The van der Waals surface area contributed by atoms with Gasteiger partial charge in [0.1, 0.15) is 0 Å². The maximum absolute atomic E-state index is 3.55. The lowest BCUT2D eigenvalue weighted by molar-refractivity contribution is 0.114. The van der Waals surface area contributed by atoms with Gasteiger partial charge in [-0.2, -0.15) is 0 Å². The lowest BCUT2D eigenvalue weighted by Gasteiger charge is -2.38. The van der Waals surface area contributed by atoms with Crippen molar-refractivity contribution in [3.63, 3.8) is 0 Å². The van der Waals surface area contributed by atoms with Gasteiger partial charge in [0.25, 0.3) is 0 Å². The van der Waals surface area contributed by atoms with E-state index in [4.69, 9.17) is 0 Å². The Balaban J connectivity index is 1.98. The molecule has 2 unspecified atom stereocenters. The Morgan fingerprint density at radius 3 is 2.94 bits per heavy atom. The summed E-state index contributed by atoms with van der Waals surface area (Å²) in [5.74, 6) is 0. The van der Waals surface area contributed by atoms with Crippen LogP contribution in [0.15, 0.2) is 28.7 Å². The molecule has 0 N–H and O–H groups in total. The van der Waals surface area contributed by atoms with Gasteiger partial charge in [-0.1, -0.05) is 34.5 Å². The fraction of sp³-hybridized carbons (Fsp3) is 0.600. The molecule has 0 spiro atoms. The highest BCUT2D eigenvalue weighted by Crippen LogP contribution is 2.22. The number of nitrogens with zero attached hydrogens (tertiary/aromatic N) is 1. The molecule has 1 nitrogen and oxygen atoms in total. The summed E-state index contributed by atoms with van der Waals surface area (Å²) in [7, 11) is 0. The van der Waals surface area contributed by atoms with Crippen LogP contribution < -0.4 is 0 Å². The standard InChI is InChI=1S/C15H22BrN/c1-12-6-3-4-9-17(12)13(2)10-14-7-5-8-15(16)11-14/h5,7-8,11-13H,3-4,6,9-10H2,1-2H3. The molecule has 0 radical (unpaired) electrons. The van der Waals surface area contributed by atoms with Crippen LogP contribution in [0.3, 0.4) is 0 Å². The van der Waals surface area contributed by atoms with Gasteiger partial charge in [-0.3, -0.25) is 4.90 Å². The molecule has 0 aromatic heterocycles. The molecular weight excluding hydrogens is 274 g/mol. The smallest absolute Gasteiger partial charge is 0.0178 e. The largest absolute Gasteiger partial charge is 0.298 e. The Morgan fingerprint density at radius 2 is 2.24 bits per heavy atom. The fourth-order valence-electron chi connectivity index (χ4n) is 2.90. The highest BCUT2D eigenvalue weighted by molar-refractivity contribution is 9.10. The highest BCUT2D eigenvalue weighted by atomic mass is 79.9.